The minimum Gasteiger partial charge on any atom is -0.508 e. The van der Waals surface area contributed by atoms with Crippen LogP contribution < -0.4 is 4.74 Å². The lowest BCUT2D eigenvalue weighted by Crippen LogP contribution is -2.01. The number of benzene rings is 2. The molecular formula is C15H11N3O4S. The van der Waals surface area contributed by atoms with Gasteiger partial charge in [-0.1, -0.05) is 0 Å². The van der Waals surface area contributed by atoms with Gasteiger partial charge in [0, 0.05) is 0 Å². The molecule has 0 aliphatic rings. The number of nitrogens with zero attached hydrogens (tertiary/aromatic N) is 3. The normalized spacial score (nSPS) is 11.1. The molecule has 3 rings (SSSR count). The van der Waals surface area contributed by atoms with Crippen LogP contribution in [0.1, 0.15) is 0 Å². The molecule has 23 heavy (non-hydrogen) atoms. The number of sulfone groups is 1. The van der Waals surface area contributed by atoms with E-state index in [1.54, 1.807) is 0 Å². The SMILES string of the molecule is O=S(=O)(c1ccc(O)cc1)c1ccc(Oc2ncncn2)cc1. The first-order valence-corrected chi connectivity index (χ1v) is 7.98. The molecule has 116 valence electrons. The molecule has 0 atom stereocenters. The van der Waals surface area contributed by atoms with Crippen molar-refractivity contribution in [2.45, 2.75) is 9.79 Å². The van der Waals surface area contributed by atoms with Gasteiger partial charge in [-0.15, -0.1) is 0 Å². The van der Waals surface area contributed by atoms with Gasteiger partial charge in [-0.2, -0.15) is 9.97 Å². The molecule has 0 fully saturated rings. The van der Waals surface area contributed by atoms with Crippen LogP contribution in [0.5, 0.6) is 17.5 Å². The maximum absolute atomic E-state index is 12.5. The van der Waals surface area contributed by atoms with E-state index in [9.17, 15) is 13.5 Å². The van der Waals surface area contributed by atoms with E-state index in [0.29, 0.717) is 5.75 Å². The van der Waals surface area contributed by atoms with E-state index in [4.69, 9.17) is 4.74 Å². The van der Waals surface area contributed by atoms with Gasteiger partial charge in [-0.05, 0) is 48.5 Å². The Bertz CT molecular complexity index is 896. The summed E-state index contributed by atoms with van der Waals surface area (Å²) in [6.45, 7) is 0. The first kappa shape index (κ1) is 14.9. The third-order valence-corrected chi connectivity index (χ3v) is 4.75. The van der Waals surface area contributed by atoms with Gasteiger partial charge in [-0.3, -0.25) is 0 Å². The van der Waals surface area contributed by atoms with E-state index in [1.165, 1.54) is 61.2 Å². The van der Waals surface area contributed by atoms with Crippen LogP contribution in [0.15, 0.2) is 71.0 Å². The zero-order valence-electron chi connectivity index (χ0n) is 11.7. The van der Waals surface area contributed by atoms with E-state index in [0.717, 1.165) is 0 Å². The van der Waals surface area contributed by atoms with Crippen molar-refractivity contribution >= 4 is 9.84 Å². The number of aromatic hydroxyl groups is 1. The highest BCUT2D eigenvalue weighted by atomic mass is 32.2. The number of ether oxygens (including phenoxy) is 1. The second-order valence-electron chi connectivity index (χ2n) is 4.49. The zero-order chi connectivity index (χ0) is 16.3. The quantitative estimate of drug-likeness (QED) is 0.782. The number of phenolic OH excluding ortho intramolecular Hbond substituents is 1. The number of hydrogen-bond acceptors (Lipinski definition) is 7. The molecule has 0 unspecified atom stereocenters. The third-order valence-electron chi connectivity index (χ3n) is 2.96. The predicted molar refractivity (Wildman–Crippen MR) is 79.9 cm³/mol. The molecule has 0 saturated carbocycles. The lowest BCUT2D eigenvalue weighted by atomic mass is 10.3. The first-order valence-electron chi connectivity index (χ1n) is 6.50. The van der Waals surface area contributed by atoms with Crippen LogP contribution in [-0.2, 0) is 9.84 Å². The highest BCUT2D eigenvalue weighted by molar-refractivity contribution is 7.91. The maximum Gasteiger partial charge on any atom is 0.324 e. The fourth-order valence-corrected chi connectivity index (χ4v) is 3.10. The lowest BCUT2D eigenvalue weighted by molar-refractivity contribution is 0.439. The van der Waals surface area contributed by atoms with E-state index < -0.39 is 9.84 Å². The first-order chi connectivity index (χ1) is 11.1. The fraction of sp³-hybridized carbons (Fsp3) is 0. The Labute approximate surface area is 132 Å². The van der Waals surface area contributed by atoms with Crippen LogP contribution in [0.3, 0.4) is 0 Å². The fourth-order valence-electron chi connectivity index (χ4n) is 1.83. The van der Waals surface area contributed by atoms with Gasteiger partial charge in [-0.25, -0.2) is 13.4 Å². The standard InChI is InChI=1S/C15H11N3O4S/c19-11-1-5-13(6-2-11)23(20,21)14-7-3-12(4-8-14)22-15-17-9-16-10-18-15/h1-10,19H. The monoisotopic (exact) mass is 329 g/mol. The van der Waals surface area contributed by atoms with Crippen molar-refractivity contribution in [2.75, 3.05) is 0 Å². The van der Waals surface area contributed by atoms with Crippen LogP contribution in [0.2, 0.25) is 0 Å². The second kappa shape index (κ2) is 6.01. The topological polar surface area (TPSA) is 102 Å². The molecule has 8 heteroatoms. The molecular weight excluding hydrogens is 318 g/mol. The summed E-state index contributed by atoms with van der Waals surface area (Å²) in [6, 6.07) is 11.3. The summed E-state index contributed by atoms with van der Waals surface area (Å²) in [5.41, 5.74) is 0. The van der Waals surface area contributed by atoms with Crippen LogP contribution in [0.4, 0.5) is 0 Å². The molecule has 0 saturated heterocycles. The molecule has 0 radical (unpaired) electrons. The summed E-state index contributed by atoms with van der Waals surface area (Å²) in [5, 5.41) is 9.24. The van der Waals surface area contributed by atoms with Gasteiger partial charge in [0.25, 0.3) is 0 Å². The number of hydrogen-bond donors (Lipinski definition) is 1. The Morgan fingerprint density at radius 1 is 0.826 bits per heavy atom. The van der Waals surface area contributed by atoms with E-state index in [2.05, 4.69) is 15.0 Å². The smallest absolute Gasteiger partial charge is 0.324 e. The van der Waals surface area contributed by atoms with Crippen molar-refractivity contribution in [1.82, 2.24) is 15.0 Å². The van der Waals surface area contributed by atoms with E-state index >= 15 is 0 Å². The molecule has 0 spiro atoms. The molecule has 1 N–H and O–H groups in total. The average molecular weight is 329 g/mol. The van der Waals surface area contributed by atoms with Gasteiger partial charge in [0.1, 0.15) is 24.2 Å². The molecule has 0 aliphatic carbocycles. The summed E-state index contributed by atoms with van der Waals surface area (Å²) in [6.07, 6.45) is 2.60. The largest absolute Gasteiger partial charge is 0.508 e. The van der Waals surface area contributed by atoms with Gasteiger partial charge in [0.05, 0.1) is 9.79 Å². The molecule has 0 amide bonds. The second-order valence-corrected chi connectivity index (χ2v) is 6.44. The van der Waals surface area contributed by atoms with Crippen molar-refractivity contribution in [3.8, 4) is 17.5 Å². The molecule has 0 aliphatic heterocycles. The number of rotatable bonds is 4. The van der Waals surface area contributed by atoms with Crippen molar-refractivity contribution in [2.24, 2.45) is 0 Å². The average Bonchev–Trinajstić information content (AvgIpc) is 2.57. The summed E-state index contributed by atoms with van der Waals surface area (Å²) >= 11 is 0. The van der Waals surface area contributed by atoms with Crippen LogP contribution in [-0.4, -0.2) is 28.5 Å². The molecule has 2 aromatic carbocycles. The Morgan fingerprint density at radius 3 is 1.91 bits per heavy atom. The van der Waals surface area contributed by atoms with E-state index in [1.807, 2.05) is 0 Å². The highest BCUT2D eigenvalue weighted by Gasteiger charge is 2.17. The van der Waals surface area contributed by atoms with Crippen LogP contribution >= 0.6 is 0 Å². The summed E-state index contributed by atoms with van der Waals surface area (Å²) < 4.78 is 30.3. The van der Waals surface area contributed by atoms with Crippen molar-refractivity contribution in [3.63, 3.8) is 0 Å². The minimum atomic E-state index is -3.65. The highest BCUT2D eigenvalue weighted by Crippen LogP contribution is 2.25. The minimum absolute atomic E-state index is 0.00467. The summed E-state index contributed by atoms with van der Waals surface area (Å²) in [7, 11) is -3.65. The Morgan fingerprint density at radius 2 is 1.35 bits per heavy atom. The Kier molecular flexibility index (Phi) is 3.90. The van der Waals surface area contributed by atoms with Crippen LogP contribution in [0.25, 0.3) is 0 Å². The van der Waals surface area contributed by atoms with Gasteiger partial charge in [0.15, 0.2) is 0 Å². The van der Waals surface area contributed by atoms with Crippen molar-refractivity contribution in [3.05, 3.63) is 61.2 Å². The predicted octanol–water partition coefficient (Wildman–Crippen LogP) is 2.20. The Balaban J connectivity index is 1.85. The van der Waals surface area contributed by atoms with Gasteiger partial charge >= 0.3 is 6.01 Å². The third kappa shape index (κ3) is 3.27. The zero-order valence-corrected chi connectivity index (χ0v) is 12.5. The van der Waals surface area contributed by atoms with Crippen molar-refractivity contribution < 1.29 is 18.3 Å². The number of phenols is 1. The van der Waals surface area contributed by atoms with Gasteiger partial charge in [0.2, 0.25) is 9.84 Å². The molecule has 1 aromatic heterocycles. The van der Waals surface area contributed by atoms with Crippen LogP contribution in [0, 0.1) is 0 Å². The van der Waals surface area contributed by atoms with Crippen molar-refractivity contribution in [1.29, 1.82) is 0 Å². The van der Waals surface area contributed by atoms with E-state index in [-0.39, 0.29) is 21.6 Å². The maximum atomic E-state index is 12.5. The molecule has 7 nitrogen and oxygen atoms in total. The summed E-state index contributed by atoms with van der Waals surface area (Å²) in [4.78, 5) is 11.5. The number of aromatic nitrogens is 3. The molecule has 3 aromatic rings. The molecule has 0 bridgehead atoms. The summed E-state index contributed by atoms with van der Waals surface area (Å²) in [5.74, 6) is 0.408. The van der Waals surface area contributed by atoms with Gasteiger partial charge < -0.3 is 9.84 Å². The molecule has 1 heterocycles. The Hall–Kier alpha value is -3.00. The lowest BCUT2D eigenvalue weighted by Gasteiger charge is -2.06.